The van der Waals surface area contributed by atoms with E-state index in [4.69, 9.17) is 5.73 Å². The van der Waals surface area contributed by atoms with Crippen molar-refractivity contribution in [2.24, 2.45) is 11.8 Å². The molecule has 0 bridgehead atoms. The highest BCUT2D eigenvalue weighted by Gasteiger charge is 2.24. The van der Waals surface area contributed by atoms with Crippen LogP contribution in [0.1, 0.15) is 32.6 Å². The van der Waals surface area contributed by atoms with Crippen molar-refractivity contribution in [2.45, 2.75) is 37.5 Å². The molecule has 4 nitrogen and oxygen atoms in total. The first-order valence-electron chi connectivity index (χ1n) is 7.04. The molecule has 0 amide bonds. The fourth-order valence-electron chi connectivity index (χ4n) is 2.62. The summed E-state index contributed by atoms with van der Waals surface area (Å²) in [6.45, 7) is 2.56. The molecule has 21 heavy (non-hydrogen) atoms. The van der Waals surface area contributed by atoms with Gasteiger partial charge in [0.2, 0.25) is 10.0 Å². The molecule has 1 aliphatic carbocycles. The summed E-state index contributed by atoms with van der Waals surface area (Å²) in [5.41, 5.74) is 5.79. The number of nitrogens with two attached hydrogens (primary N) is 1. The number of sulfonamides is 1. The Morgan fingerprint density at radius 1 is 1.33 bits per heavy atom. The van der Waals surface area contributed by atoms with Crippen LogP contribution in [-0.4, -0.2) is 15.0 Å². The molecule has 1 saturated carbocycles. The van der Waals surface area contributed by atoms with Gasteiger partial charge in [-0.15, -0.1) is 0 Å². The summed E-state index contributed by atoms with van der Waals surface area (Å²) in [7, 11) is -3.88. The zero-order chi connectivity index (χ0) is 15.6. The van der Waals surface area contributed by atoms with E-state index in [0.717, 1.165) is 31.7 Å². The van der Waals surface area contributed by atoms with Crippen molar-refractivity contribution in [2.75, 3.05) is 12.3 Å². The Morgan fingerprint density at radius 2 is 1.95 bits per heavy atom. The summed E-state index contributed by atoms with van der Waals surface area (Å²) in [5.74, 6) is 0.220. The maximum atomic E-state index is 14.0. The van der Waals surface area contributed by atoms with Crippen LogP contribution in [0.15, 0.2) is 21.5 Å². The SMILES string of the molecule is CC1CCC(CNS(=O)(=O)c2cc(N)cc(Br)c2F)CC1. The van der Waals surface area contributed by atoms with E-state index < -0.39 is 20.7 Å². The second-order valence-electron chi connectivity index (χ2n) is 5.79. The average Bonchev–Trinajstić information content (AvgIpc) is 2.42. The number of nitrogens with one attached hydrogen (secondary N) is 1. The number of rotatable bonds is 4. The highest BCUT2D eigenvalue weighted by atomic mass is 79.9. The molecule has 1 aliphatic rings. The van der Waals surface area contributed by atoms with Crippen molar-refractivity contribution in [3.8, 4) is 0 Å². The van der Waals surface area contributed by atoms with E-state index in [1.165, 1.54) is 6.07 Å². The lowest BCUT2D eigenvalue weighted by Crippen LogP contribution is -2.31. The molecule has 118 valence electrons. The van der Waals surface area contributed by atoms with Crippen LogP contribution < -0.4 is 10.5 Å². The van der Waals surface area contributed by atoms with Crippen LogP contribution in [0.25, 0.3) is 0 Å². The van der Waals surface area contributed by atoms with E-state index in [2.05, 4.69) is 27.6 Å². The van der Waals surface area contributed by atoms with E-state index in [-0.39, 0.29) is 10.2 Å². The maximum absolute atomic E-state index is 14.0. The molecule has 0 saturated heterocycles. The van der Waals surface area contributed by atoms with Gasteiger partial charge in [-0.2, -0.15) is 0 Å². The lowest BCUT2D eigenvalue weighted by Gasteiger charge is -2.26. The molecule has 1 fully saturated rings. The Hall–Kier alpha value is -0.660. The summed E-state index contributed by atoms with van der Waals surface area (Å²) in [4.78, 5) is -0.404. The molecule has 2 rings (SSSR count). The first-order chi connectivity index (χ1) is 9.79. The second kappa shape index (κ2) is 6.62. The molecule has 0 radical (unpaired) electrons. The predicted octanol–water partition coefficient (Wildman–Crippen LogP) is 3.28. The molecule has 0 heterocycles. The summed E-state index contributed by atoms with van der Waals surface area (Å²) in [6, 6.07) is 2.49. The molecule has 7 heteroatoms. The van der Waals surface area contributed by atoms with Gasteiger partial charge in [-0.3, -0.25) is 0 Å². The number of halogens is 2. The van der Waals surface area contributed by atoms with Gasteiger partial charge < -0.3 is 5.73 Å². The third kappa shape index (κ3) is 4.17. The summed E-state index contributed by atoms with van der Waals surface area (Å²) >= 11 is 2.98. The van der Waals surface area contributed by atoms with E-state index in [0.29, 0.717) is 18.4 Å². The van der Waals surface area contributed by atoms with Gasteiger partial charge in [-0.05, 0) is 52.7 Å². The molecular formula is C14H20BrFN2O2S. The van der Waals surface area contributed by atoms with Gasteiger partial charge >= 0.3 is 0 Å². The molecule has 0 atom stereocenters. The number of hydrogen-bond acceptors (Lipinski definition) is 3. The Balaban J connectivity index is 2.09. The van der Waals surface area contributed by atoms with Crippen LogP contribution in [0.2, 0.25) is 0 Å². The number of hydrogen-bond donors (Lipinski definition) is 2. The van der Waals surface area contributed by atoms with Crippen molar-refractivity contribution >= 4 is 31.6 Å². The number of benzene rings is 1. The van der Waals surface area contributed by atoms with Gasteiger partial charge in [-0.25, -0.2) is 17.5 Å². The third-order valence-corrected chi connectivity index (χ3v) is 6.00. The number of nitrogen functional groups attached to an aromatic ring is 1. The normalized spacial score (nSPS) is 23.2. The van der Waals surface area contributed by atoms with E-state index >= 15 is 0 Å². The molecule has 0 unspecified atom stereocenters. The summed E-state index contributed by atoms with van der Waals surface area (Å²) in [5, 5.41) is 0. The van der Waals surface area contributed by atoms with Crippen LogP contribution in [0.5, 0.6) is 0 Å². The molecule has 0 aliphatic heterocycles. The topological polar surface area (TPSA) is 72.2 Å². The van der Waals surface area contributed by atoms with Gasteiger partial charge in [0.05, 0.1) is 4.47 Å². The summed E-state index contributed by atoms with van der Waals surface area (Å²) in [6.07, 6.45) is 4.24. The fraction of sp³-hybridized carbons (Fsp3) is 0.571. The Kier molecular flexibility index (Phi) is 5.27. The van der Waals surface area contributed by atoms with E-state index in [1.54, 1.807) is 0 Å². The Labute approximate surface area is 133 Å². The van der Waals surface area contributed by atoms with E-state index in [9.17, 15) is 12.8 Å². The minimum absolute atomic E-state index is 0.0503. The van der Waals surface area contributed by atoms with Crippen molar-refractivity contribution in [3.63, 3.8) is 0 Å². The first kappa shape index (κ1) is 16.7. The minimum atomic E-state index is -3.88. The lowest BCUT2D eigenvalue weighted by molar-refractivity contribution is 0.290. The zero-order valence-corrected chi connectivity index (χ0v) is 14.3. The second-order valence-corrected chi connectivity index (χ2v) is 8.38. The van der Waals surface area contributed by atoms with Crippen LogP contribution in [-0.2, 0) is 10.0 Å². The van der Waals surface area contributed by atoms with Gasteiger partial charge in [0, 0.05) is 12.2 Å². The van der Waals surface area contributed by atoms with Crippen LogP contribution in [0, 0.1) is 17.7 Å². The molecule has 0 spiro atoms. The highest BCUT2D eigenvalue weighted by Crippen LogP contribution is 2.29. The Bertz CT molecular complexity index is 614. The van der Waals surface area contributed by atoms with Crippen molar-refractivity contribution in [1.29, 1.82) is 0 Å². The largest absolute Gasteiger partial charge is 0.399 e. The van der Waals surface area contributed by atoms with Crippen molar-refractivity contribution in [1.82, 2.24) is 4.72 Å². The standard InChI is InChI=1S/C14H20BrFN2O2S/c1-9-2-4-10(5-3-9)8-18-21(19,20)13-7-11(17)6-12(15)14(13)16/h6-7,9-10,18H,2-5,8,17H2,1H3. The molecule has 0 aromatic heterocycles. The molecule has 1 aromatic rings. The van der Waals surface area contributed by atoms with Crippen molar-refractivity contribution in [3.05, 3.63) is 22.4 Å². The predicted molar refractivity (Wildman–Crippen MR) is 84.8 cm³/mol. The first-order valence-corrected chi connectivity index (χ1v) is 9.31. The van der Waals surface area contributed by atoms with Crippen molar-refractivity contribution < 1.29 is 12.8 Å². The third-order valence-electron chi connectivity index (χ3n) is 4.00. The van der Waals surface area contributed by atoms with Crippen LogP contribution in [0.3, 0.4) is 0 Å². The molecule has 1 aromatic carbocycles. The average molecular weight is 379 g/mol. The zero-order valence-electron chi connectivity index (χ0n) is 11.9. The van der Waals surface area contributed by atoms with Gasteiger partial charge in [0.15, 0.2) is 5.82 Å². The fourth-order valence-corrected chi connectivity index (χ4v) is 4.47. The van der Waals surface area contributed by atoms with Crippen LogP contribution >= 0.6 is 15.9 Å². The minimum Gasteiger partial charge on any atom is -0.399 e. The van der Waals surface area contributed by atoms with Gasteiger partial charge in [0.25, 0.3) is 0 Å². The molecule has 3 N–H and O–H groups in total. The van der Waals surface area contributed by atoms with E-state index in [1.807, 2.05) is 0 Å². The monoisotopic (exact) mass is 378 g/mol. The number of anilines is 1. The van der Waals surface area contributed by atoms with Crippen LogP contribution in [0.4, 0.5) is 10.1 Å². The smallest absolute Gasteiger partial charge is 0.243 e. The van der Waals surface area contributed by atoms with Gasteiger partial charge in [-0.1, -0.05) is 19.8 Å². The highest BCUT2D eigenvalue weighted by molar-refractivity contribution is 9.10. The Morgan fingerprint density at radius 3 is 2.57 bits per heavy atom. The lowest BCUT2D eigenvalue weighted by atomic mass is 9.83. The summed E-state index contributed by atoms with van der Waals surface area (Å²) < 4.78 is 41.0. The maximum Gasteiger partial charge on any atom is 0.243 e. The molecular weight excluding hydrogens is 359 g/mol. The van der Waals surface area contributed by atoms with Gasteiger partial charge in [0.1, 0.15) is 4.90 Å². The quantitative estimate of drug-likeness (QED) is 0.789.